The summed E-state index contributed by atoms with van der Waals surface area (Å²) in [5.41, 5.74) is 5.94. The number of carbonyl (C=O) groups excluding carboxylic acids is 1. The van der Waals surface area contributed by atoms with Gasteiger partial charge in [0.15, 0.2) is 5.17 Å². The molecule has 5 aromatic rings. The first-order valence-corrected chi connectivity index (χ1v) is 11.9. The fourth-order valence-electron chi connectivity index (χ4n) is 4.55. The standard InChI is InChI=1S/C27H21N5OS/c1-2-31-22-11-7-6-10-20(22)21-14-17(12-13-23(21)31)25-18(15-24-26(33)29-27(28)34-24)16-32(30-25)19-8-4-3-5-9-19/h3-16H,2H2,1H3,(H2,28,29,33)/b24-15-. The number of nitrogens with one attached hydrogen (secondary N) is 2. The van der Waals surface area contributed by atoms with E-state index < -0.39 is 0 Å². The van der Waals surface area contributed by atoms with E-state index >= 15 is 0 Å². The Morgan fingerprint density at radius 3 is 2.53 bits per heavy atom. The fraction of sp³-hybridized carbons (Fsp3) is 0.0741. The van der Waals surface area contributed by atoms with Gasteiger partial charge < -0.3 is 9.88 Å². The van der Waals surface area contributed by atoms with Crippen molar-refractivity contribution in [2.24, 2.45) is 0 Å². The van der Waals surface area contributed by atoms with Gasteiger partial charge in [-0.25, -0.2) is 4.68 Å². The van der Waals surface area contributed by atoms with Gasteiger partial charge in [0.05, 0.1) is 10.6 Å². The third-order valence-corrected chi connectivity index (χ3v) is 6.90. The Balaban J connectivity index is 1.57. The van der Waals surface area contributed by atoms with Crippen molar-refractivity contribution in [3.63, 3.8) is 0 Å². The van der Waals surface area contributed by atoms with Crippen LogP contribution in [0.1, 0.15) is 12.5 Å². The van der Waals surface area contributed by atoms with Crippen molar-refractivity contribution in [3.05, 3.63) is 89.5 Å². The highest BCUT2D eigenvalue weighted by molar-refractivity contribution is 8.18. The molecular formula is C27H21N5OS. The highest BCUT2D eigenvalue weighted by Crippen LogP contribution is 2.35. The summed E-state index contributed by atoms with van der Waals surface area (Å²) < 4.78 is 4.16. The molecule has 3 heterocycles. The number of hydrogen-bond acceptors (Lipinski definition) is 4. The zero-order valence-corrected chi connectivity index (χ0v) is 19.3. The summed E-state index contributed by atoms with van der Waals surface area (Å²) in [7, 11) is 0. The molecule has 34 heavy (non-hydrogen) atoms. The zero-order valence-electron chi connectivity index (χ0n) is 18.4. The Kier molecular flexibility index (Phi) is 4.85. The van der Waals surface area contributed by atoms with Crippen LogP contribution in [0.15, 0.2) is 83.9 Å². The molecule has 0 spiro atoms. The van der Waals surface area contributed by atoms with Crippen LogP contribution in [-0.4, -0.2) is 25.4 Å². The van der Waals surface area contributed by atoms with E-state index in [4.69, 9.17) is 10.5 Å². The van der Waals surface area contributed by atoms with Crippen LogP contribution in [-0.2, 0) is 11.3 Å². The highest BCUT2D eigenvalue weighted by Gasteiger charge is 2.24. The molecule has 166 valence electrons. The third kappa shape index (κ3) is 3.33. The minimum atomic E-state index is -0.255. The number of para-hydroxylation sites is 2. The Labute approximate surface area is 200 Å². The molecule has 2 N–H and O–H groups in total. The normalized spacial score (nSPS) is 15.0. The Morgan fingerprint density at radius 2 is 1.76 bits per heavy atom. The lowest BCUT2D eigenvalue weighted by Gasteiger charge is -2.04. The van der Waals surface area contributed by atoms with E-state index in [1.807, 2.05) is 47.3 Å². The third-order valence-electron chi connectivity index (χ3n) is 6.07. The average Bonchev–Trinajstić information content (AvgIpc) is 3.52. The number of benzene rings is 3. The molecule has 3 aromatic carbocycles. The maximum atomic E-state index is 12.3. The number of aromatic nitrogens is 3. The molecular weight excluding hydrogens is 442 g/mol. The van der Waals surface area contributed by atoms with E-state index in [2.05, 4.69) is 59.3 Å². The van der Waals surface area contributed by atoms with Gasteiger partial charge in [-0.2, -0.15) is 5.10 Å². The molecule has 1 fully saturated rings. The van der Waals surface area contributed by atoms with E-state index in [0.29, 0.717) is 4.91 Å². The van der Waals surface area contributed by atoms with Crippen molar-refractivity contribution in [1.29, 1.82) is 5.41 Å². The molecule has 0 radical (unpaired) electrons. The quantitative estimate of drug-likeness (QED) is 0.331. The second-order valence-electron chi connectivity index (χ2n) is 8.10. The lowest BCUT2D eigenvalue weighted by Crippen LogP contribution is -2.18. The zero-order chi connectivity index (χ0) is 23.2. The van der Waals surface area contributed by atoms with Crippen LogP contribution in [0, 0.1) is 5.41 Å². The SMILES string of the molecule is CCn1c2ccccc2c2cc(-c3nn(-c4ccccc4)cc3/C=C3\SC(=N)NC3=O)ccc21. The Morgan fingerprint density at radius 1 is 1.00 bits per heavy atom. The second-order valence-corrected chi connectivity index (χ2v) is 9.15. The molecule has 0 aliphatic carbocycles. The number of nitrogens with zero attached hydrogens (tertiary/aromatic N) is 3. The molecule has 0 bridgehead atoms. The molecule has 1 aliphatic rings. The van der Waals surface area contributed by atoms with Crippen LogP contribution in [0.4, 0.5) is 0 Å². The summed E-state index contributed by atoms with van der Waals surface area (Å²) in [6.45, 7) is 3.05. The number of hydrogen-bond donors (Lipinski definition) is 2. The van der Waals surface area contributed by atoms with E-state index in [1.165, 1.54) is 21.8 Å². The number of aryl methyl sites for hydroxylation is 1. The average molecular weight is 464 g/mol. The first-order valence-electron chi connectivity index (χ1n) is 11.1. The highest BCUT2D eigenvalue weighted by atomic mass is 32.2. The number of carbonyl (C=O) groups is 1. The van der Waals surface area contributed by atoms with Crippen molar-refractivity contribution in [3.8, 4) is 16.9 Å². The molecule has 1 amide bonds. The van der Waals surface area contributed by atoms with E-state index in [-0.39, 0.29) is 11.1 Å². The van der Waals surface area contributed by atoms with Crippen LogP contribution >= 0.6 is 11.8 Å². The van der Waals surface area contributed by atoms with Crippen LogP contribution in [0.3, 0.4) is 0 Å². The number of fused-ring (bicyclic) bond motifs is 3. The van der Waals surface area contributed by atoms with Gasteiger partial charge >= 0.3 is 0 Å². The van der Waals surface area contributed by atoms with Crippen molar-refractivity contribution in [1.82, 2.24) is 19.7 Å². The minimum absolute atomic E-state index is 0.141. The van der Waals surface area contributed by atoms with Gasteiger partial charge in [0.25, 0.3) is 5.91 Å². The first kappa shape index (κ1) is 20.5. The fourth-order valence-corrected chi connectivity index (χ4v) is 5.25. The van der Waals surface area contributed by atoms with E-state index in [0.717, 1.165) is 40.8 Å². The van der Waals surface area contributed by atoms with Crippen LogP contribution in [0.5, 0.6) is 0 Å². The number of thioether (sulfide) groups is 1. The Hall–Kier alpha value is -4.10. The van der Waals surface area contributed by atoms with Gasteiger partial charge in [-0.05, 0) is 55.1 Å². The summed E-state index contributed by atoms with van der Waals surface area (Å²) in [6, 6.07) is 24.8. The van der Waals surface area contributed by atoms with Crippen LogP contribution < -0.4 is 5.32 Å². The van der Waals surface area contributed by atoms with Gasteiger partial charge in [0.1, 0.15) is 5.69 Å². The molecule has 2 aromatic heterocycles. The van der Waals surface area contributed by atoms with Gasteiger partial charge in [-0.1, -0.05) is 42.5 Å². The molecule has 1 saturated heterocycles. The predicted molar refractivity (Wildman–Crippen MR) is 139 cm³/mol. The van der Waals surface area contributed by atoms with E-state index in [9.17, 15) is 4.79 Å². The lowest BCUT2D eigenvalue weighted by molar-refractivity contribution is -0.115. The molecule has 0 saturated carbocycles. The molecule has 7 heteroatoms. The van der Waals surface area contributed by atoms with Gasteiger partial charge in [0.2, 0.25) is 0 Å². The molecule has 0 unspecified atom stereocenters. The largest absolute Gasteiger partial charge is 0.341 e. The summed E-state index contributed by atoms with van der Waals surface area (Å²) in [5.74, 6) is -0.255. The first-order chi connectivity index (χ1) is 16.6. The van der Waals surface area contributed by atoms with E-state index in [1.54, 1.807) is 0 Å². The minimum Gasteiger partial charge on any atom is -0.341 e. The molecule has 6 nitrogen and oxygen atoms in total. The molecule has 6 rings (SSSR count). The van der Waals surface area contributed by atoms with Crippen molar-refractivity contribution in [2.75, 3.05) is 0 Å². The predicted octanol–water partition coefficient (Wildman–Crippen LogP) is 5.81. The second kappa shape index (κ2) is 8.04. The molecule has 1 aliphatic heterocycles. The smallest absolute Gasteiger partial charge is 0.264 e. The number of amides is 1. The van der Waals surface area contributed by atoms with Crippen molar-refractivity contribution >= 4 is 50.7 Å². The summed E-state index contributed by atoms with van der Waals surface area (Å²) in [6.07, 6.45) is 3.76. The monoisotopic (exact) mass is 463 g/mol. The van der Waals surface area contributed by atoms with Crippen molar-refractivity contribution in [2.45, 2.75) is 13.5 Å². The Bertz CT molecular complexity index is 1630. The topological polar surface area (TPSA) is 75.7 Å². The molecule has 0 atom stereocenters. The number of amidine groups is 1. The van der Waals surface area contributed by atoms with Crippen LogP contribution in [0.25, 0.3) is 44.8 Å². The van der Waals surface area contributed by atoms with Gasteiger partial charge in [-0.3, -0.25) is 10.2 Å². The van der Waals surface area contributed by atoms with Crippen LogP contribution in [0.2, 0.25) is 0 Å². The summed E-state index contributed by atoms with van der Waals surface area (Å²) in [4.78, 5) is 12.8. The lowest BCUT2D eigenvalue weighted by atomic mass is 10.0. The van der Waals surface area contributed by atoms with Gasteiger partial charge in [0, 0.05) is 45.7 Å². The maximum absolute atomic E-state index is 12.3. The summed E-state index contributed by atoms with van der Waals surface area (Å²) >= 11 is 1.13. The summed E-state index contributed by atoms with van der Waals surface area (Å²) in [5, 5.41) is 17.8. The number of rotatable bonds is 4. The van der Waals surface area contributed by atoms with Gasteiger partial charge in [-0.15, -0.1) is 0 Å². The van der Waals surface area contributed by atoms with Crippen molar-refractivity contribution < 1.29 is 4.79 Å². The maximum Gasteiger partial charge on any atom is 0.264 e.